The summed E-state index contributed by atoms with van der Waals surface area (Å²) in [6.45, 7) is 5.18. The first-order chi connectivity index (χ1) is 10.2. The number of halogens is 2. The van der Waals surface area contributed by atoms with Crippen LogP contribution in [0.1, 0.15) is 20.8 Å². The van der Waals surface area contributed by atoms with Crippen molar-refractivity contribution < 1.29 is 18.7 Å². The summed E-state index contributed by atoms with van der Waals surface area (Å²) in [4.78, 5) is 16.6. The molecule has 0 aliphatic carbocycles. The Morgan fingerprint density at radius 1 is 1.18 bits per heavy atom. The Bertz CT molecular complexity index is 691. The molecular formula is C16H16F2N2O2. The lowest BCUT2D eigenvalue weighted by atomic mass is 10.0. The maximum absolute atomic E-state index is 13.9. The van der Waals surface area contributed by atoms with Crippen molar-refractivity contribution in [2.75, 3.05) is 4.90 Å². The van der Waals surface area contributed by atoms with E-state index >= 15 is 0 Å². The lowest BCUT2D eigenvalue weighted by Crippen LogP contribution is -2.45. The summed E-state index contributed by atoms with van der Waals surface area (Å²) < 4.78 is 27.7. The predicted molar refractivity (Wildman–Crippen MR) is 79.8 cm³/mol. The molecule has 116 valence electrons. The second-order valence-electron chi connectivity index (χ2n) is 5.78. The van der Waals surface area contributed by atoms with Crippen molar-refractivity contribution in [2.24, 2.45) is 0 Å². The number of amides is 1. The van der Waals surface area contributed by atoms with E-state index in [1.165, 1.54) is 24.4 Å². The van der Waals surface area contributed by atoms with Crippen LogP contribution in [0, 0.1) is 11.6 Å². The van der Waals surface area contributed by atoms with E-state index in [0.29, 0.717) is 5.69 Å². The third-order valence-electron chi connectivity index (χ3n) is 3.08. The van der Waals surface area contributed by atoms with Crippen molar-refractivity contribution >= 4 is 11.8 Å². The zero-order valence-corrected chi connectivity index (χ0v) is 12.5. The Morgan fingerprint density at radius 3 is 2.27 bits per heavy atom. The molecule has 6 heteroatoms. The summed E-state index contributed by atoms with van der Waals surface area (Å²) in [7, 11) is 0. The number of hydrogen-bond acceptors (Lipinski definition) is 2. The van der Waals surface area contributed by atoms with Gasteiger partial charge in [0, 0.05) is 11.7 Å². The second-order valence-corrected chi connectivity index (χ2v) is 5.78. The van der Waals surface area contributed by atoms with Crippen LogP contribution < -0.4 is 4.90 Å². The molecule has 1 N–H and O–H groups in total. The number of anilines is 1. The number of pyridine rings is 1. The van der Waals surface area contributed by atoms with Crippen LogP contribution in [0.3, 0.4) is 0 Å². The van der Waals surface area contributed by atoms with E-state index in [1.54, 1.807) is 20.8 Å². The van der Waals surface area contributed by atoms with E-state index in [2.05, 4.69) is 4.98 Å². The molecule has 2 aromatic rings. The van der Waals surface area contributed by atoms with Gasteiger partial charge in [0.1, 0.15) is 11.6 Å². The highest BCUT2D eigenvalue weighted by Gasteiger charge is 2.28. The number of carbonyl (C=O) groups is 1. The van der Waals surface area contributed by atoms with Crippen molar-refractivity contribution in [1.82, 2.24) is 4.98 Å². The van der Waals surface area contributed by atoms with E-state index < -0.39 is 23.3 Å². The first-order valence-corrected chi connectivity index (χ1v) is 6.65. The molecule has 0 unspecified atom stereocenters. The number of aromatic nitrogens is 1. The number of nitrogens with zero attached hydrogens (tertiary/aromatic N) is 2. The molecule has 0 saturated heterocycles. The van der Waals surface area contributed by atoms with E-state index in [0.717, 1.165) is 17.0 Å². The minimum absolute atomic E-state index is 0.0450. The fourth-order valence-corrected chi connectivity index (χ4v) is 2.22. The summed E-state index contributed by atoms with van der Waals surface area (Å²) in [5.41, 5.74) is -0.641. The zero-order valence-electron chi connectivity index (χ0n) is 12.5. The van der Waals surface area contributed by atoms with Gasteiger partial charge in [0.15, 0.2) is 0 Å². The fraction of sp³-hybridized carbons (Fsp3) is 0.250. The quantitative estimate of drug-likeness (QED) is 0.899. The van der Waals surface area contributed by atoms with E-state index in [1.807, 2.05) is 0 Å². The van der Waals surface area contributed by atoms with Crippen LogP contribution >= 0.6 is 0 Å². The maximum Gasteiger partial charge on any atom is 0.412 e. The fourth-order valence-electron chi connectivity index (χ4n) is 2.22. The number of benzene rings is 1. The highest BCUT2D eigenvalue weighted by molar-refractivity contribution is 5.88. The lowest BCUT2D eigenvalue weighted by molar-refractivity contribution is 0.195. The Labute approximate surface area is 127 Å². The summed E-state index contributed by atoms with van der Waals surface area (Å²) in [5, 5.41) is 9.39. The van der Waals surface area contributed by atoms with Crippen LogP contribution in [-0.4, -0.2) is 21.7 Å². The first kappa shape index (κ1) is 15.9. The predicted octanol–water partition coefficient (Wildman–Crippen LogP) is 4.31. The minimum atomic E-state index is -1.15. The van der Waals surface area contributed by atoms with Crippen molar-refractivity contribution in [3.05, 3.63) is 48.2 Å². The second kappa shape index (κ2) is 5.71. The van der Waals surface area contributed by atoms with Crippen molar-refractivity contribution in [1.29, 1.82) is 0 Å². The van der Waals surface area contributed by atoms with Gasteiger partial charge in [-0.3, -0.25) is 9.88 Å². The molecule has 0 radical (unpaired) electrons. The molecule has 1 aromatic carbocycles. The molecule has 4 nitrogen and oxygen atoms in total. The first-order valence-electron chi connectivity index (χ1n) is 6.65. The van der Waals surface area contributed by atoms with Gasteiger partial charge in [0.25, 0.3) is 0 Å². The Hall–Kier alpha value is -2.50. The molecule has 0 bridgehead atoms. The van der Waals surface area contributed by atoms with E-state index in [-0.39, 0.29) is 11.3 Å². The van der Waals surface area contributed by atoms with Gasteiger partial charge < -0.3 is 5.11 Å². The van der Waals surface area contributed by atoms with Crippen molar-refractivity contribution in [3.63, 3.8) is 0 Å². The van der Waals surface area contributed by atoms with Gasteiger partial charge >= 0.3 is 6.09 Å². The van der Waals surface area contributed by atoms with Crippen molar-refractivity contribution in [2.45, 2.75) is 26.3 Å². The highest BCUT2D eigenvalue weighted by atomic mass is 19.1. The Balaban J connectivity index is 2.58. The van der Waals surface area contributed by atoms with Crippen LogP contribution in [0.15, 0.2) is 36.5 Å². The van der Waals surface area contributed by atoms with E-state index in [9.17, 15) is 18.7 Å². The van der Waals surface area contributed by atoms with Gasteiger partial charge in [-0.05, 0) is 45.0 Å². The van der Waals surface area contributed by atoms with Crippen LogP contribution in [-0.2, 0) is 0 Å². The third-order valence-corrected chi connectivity index (χ3v) is 3.08. The summed E-state index contributed by atoms with van der Waals surface area (Å²) in [5.74, 6) is -1.50. The molecule has 22 heavy (non-hydrogen) atoms. The average Bonchev–Trinajstić information content (AvgIpc) is 2.36. The van der Waals surface area contributed by atoms with Crippen LogP contribution in [0.4, 0.5) is 19.3 Å². The molecule has 0 spiro atoms. The molecule has 1 aromatic heterocycles. The number of rotatable bonds is 2. The average molecular weight is 306 g/mol. The summed E-state index contributed by atoms with van der Waals surface area (Å²) >= 11 is 0. The van der Waals surface area contributed by atoms with Crippen LogP contribution in [0.2, 0.25) is 0 Å². The van der Waals surface area contributed by atoms with Gasteiger partial charge in [0.05, 0.1) is 16.9 Å². The standard InChI is InChI=1S/C16H16F2N2O2/c1-16(2,3)20(15(21)22)10-7-8-19-13(9-10)14-11(17)5-4-6-12(14)18/h4-9H,1-3H3,(H,21,22). The molecular weight excluding hydrogens is 290 g/mol. The third kappa shape index (κ3) is 3.05. The SMILES string of the molecule is CC(C)(C)N(C(=O)O)c1ccnc(-c2c(F)cccc2F)c1. The number of hydrogen-bond donors (Lipinski definition) is 1. The molecule has 0 fully saturated rings. The van der Waals surface area contributed by atoms with Crippen LogP contribution in [0.25, 0.3) is 11.3 Å². The van der Waals surface area contributed by atoms with Gasteiger partial charge in [0.2, 0.25) is 0 Å². The highest BCUT2D eigenvalue weighted by Crippen LogP contribution is 2.30. The Kier molecular flexibility index (Phi) is 4.12. The molecule has 0 atom stereocenters. The Morgan fingerprint density at radius 2 is 1.77 bits per heavy atom. The monoisotopic (exact) mass is 306 g/mol. The topological polar surface area (TPSA) is 53.4 Å². The van der Waals surface area contributed by atoms with Crippen molar-refractivity contribution in [3.8, 4) is 11.3 Å². The largest absolute Gasteiger partial charge is 0.465 e. The van der Waals surface area contributed by atoms with Gasteiger partial charge in [-0.2, -0.15) is 0 Å². The molecule has 0 aliphatic heterocycles. The molecule has 2 rings (SSSR count). The van der Waals surface area contributed by atoms with Gasteiger partial charge in [-0.1, -0.05) is 6.07 Å². The molecule has 0 saturated carbocycles. The summed E-state index contributed by atoms with van der Waals surface area (Å²) in [6.07, 6.45) is 0.178. The minimum Gasteiger partial charge on any atom is -0.465 e. The van der Waals surface area contributed by atoms with Crippen LogP contribution in [0.5, 0.6) is 0 Å². The maximum atomic E-state index is 13.9. The smallest absolute Gasteiger partial charge is 0.412 e. The molecule has 1 amide bonds. The van der Waals surface area contributed by atoms with Gasteiger partial charge in [-0.15, -0.1) is 0 Å². The number of carboxylic acid groups (broad SMARTS) is 1. The van der Waals surface area contributed by atoms with E-state index in [4.69, 9.17) is 0 Å². The van der Waals surface area contributed by atoms with Gasteiger partial charge in [-0.25, -0.2) is 13.6 Å². The molecule has 1 heterocycles. The lowest BCUT2D eigenvalue weighted by Gasteiger charge is -2.33. The normalized spacial score (nSPS) is 11.3. The zero-order chi connectivity index (χ0) is 16.5. The summed E-state index contributed by atoms with van der Waals surface area (Å²) in [6, 6.07) is 6.37. The molecule has 0 aliphatic rings.